The lowest BCUT2D eigenvalue weighted by atomic mass is 9.81. The molecule has 0 saturated carbocycles. The predicted molar refractivity (Wildman–Crippen MR) is 129 cm³/mol. The van der Waals surface area contributed by atoms with E-state index in [9.17, 15) is 13.2 Å². The number of sulfone groups is 1. The second-order valence-electron chi connectivity index (χ2n) is 8.15. The number of benzene rings is 2. The van der Waals surface area contributed by atoms with Crippen molar-refractivity contribution in [2.24, 2.45) is 5.41 Å². The summed E-state index contributed by atoms with van der Waals surface area (Å²) in [4.78, 5) is 13.0. The summed E-state index contributed by atoms with van der Waals surface area (Å²) in [6.45, 7) is 4.76. The molecule has 0 unspecified atom stereocenters. The quantitative estimate of drug-likeness (QED) is 0.341. The average molecular weight is 522 g/mol. The number of unbranched alkanes of at least 4 members (excludes halogenated alkanes) is 1. The summed E-state index contributed by atoms with van der Waals surface area (Å²) in [5.41, 5.74) is 1.12. The predicted octanol–water partition coefficient (Wildman–Crippen LogP) is 5.94. The second kappa shape index (κ2) is 10.1. The lowest BCUT2D eigenvalue weighted by Crippen LogP contribution is -2.37. The molecule has 0 fully saturated rings. The number of nitrogens with zero attached hydrogens (tertiary/aromatic N) is 1. The molecule has 2 aromatic carbocycles. The Kier molecular flexibility index (Phi) is 7.67. The van der Waals surface area contributed by atoms with E-state index in [0.29, 0.717) is 16.7 Å². The van der Waals surface area contributed by atoms with Crippen molar-refractivity contribution in [2.45, 2.75) is 44.4 Å². The number of hydrogen-bond donors (Lipinski definition) is 1. The van der Waals surface area contributed by atoms with Crippen LogP contribution in [0.5, 0.6) is 5.75 Å². The Morgan fingerprint density at radius 1 is 1.25 bits per heavy atom. The molecular formula is C24H28BrNO5S. The van der Waals surface area contributed by atoms with Gasteiger partial charge in [-0.3, -0.25) is 0 Å². The molecule has 6 nitrogen and oxygen atoms in total. The Labute approximate surface area is 197 Å². The fourth-order valence-electron chi connectivity index (χ4n) is 4.12. The van der Waals surface area contributed by atoms with Gasteiger partial charge in [-0.15, -0.1) is 0 Å². The van der Waals surface area contributed by atoms with E-state index >= 15 is 0 Å². The maximum absolute atomic E-state index is 13.6. The van der Waals surface area contributed by atoms with Crippen LogP contribution in [0.3, 0.4) is 0 Å². The molecule has 0 aliphatic carbocycles. The Morgan fingerprint density at radius 3 is 2.59 bits per heavy atom. The SMILES string of the molecule is CCCC[C@]1(CC)CN(c2ccccc2)c2cc(Br)c(O/C=C/C(=O)O)cc2S(=O)(=O)C1. The molecule has 0 spiro atoms. The Balaban J connectivity index is 2.19. The number of carboxylic acid groups (broad SMARTS) is 1. The van der Waals surface area contributed by atoms with Gasteiger partial charge in [0.1, 0.15) is 5.75 Å². The van der Waals surface area contributed by atoms with E-state index < -0.39 is 15.8 Å². The third-order valence-corrected chi connectivity index (χ3v) is 8.52. The number of anilines is 2. The highest BCUT2D eigenvalue weighted by atomic mass is 79.9. The molecule has 8 heteroatoms. The zero-order valence-corrected chi connectivity index (χ0v) is 20.7. The van der Waals surface area contributed by atoms with Crippen molar-refractivity contribution in [3.63, 3.8) is 0 Å². The highest BCUT2D eigenvalue weighted by Crippen LogP contribution is 2.46. The number of carboxylic acids is 1. The van der Waals surface area contributed by atoms with Gasteiger partial charge in [-0.1, -0.05) is 44.9 Å². The normalized spacial score (nSPS) is 20.0. The van der Waals surface area contributed by atoms with Crippen molar-refractivity contribution in [3.8, 4) is 5.75 Å². The van der Waals surface area contributed by atoms with Crippen LogP contribution in [0.25, 0.3) is 0 Å². The molecule has 1 aliphatic heterocycles. The lowest BCUT2D eigenvalue weighted by Gasteiger charge is -2.36. The van der Waals surface area contributed by atoms with E-state index in [1.54, 1.807) is 6.07 Å². The first-order valence-corrected chi connectivity index (χ1v) is 13.1. The van der Waals surface area contributed by atoms with Crippen LogP contribution in [0.1, 0.15) is 39.5 Å². The van der Waals surface area contributed by atoms with Crippen molar-refractivity contribution >= 4 is 43.1 Å². The first-order chi connectivity index (χ1) is 15.2. The largest absolute Gasteiger partial charge is 0.478 e. The minimum Gasteiger partial charge on any atom is -0.478 e. The van der Waals surface area contributed by atoms with Crippen LogP contribution in [0.2, 0.25) is 0 Å². The average Bonchev–Trinajstić information content (AvgIpc) is 2.85. The topological polar surface area (TPSA) is 83.9 Å². The van der Waals surface area contributed by atoms with Gasteiger partial charge in [0.25, 0.3) is 0 Å². The molecular weight excluding hydrogens is 494 g/mol. The molecule has 172 valence electrons. The molecule has 0 saturated heterocycles. The second-order valence-corrected chi connectivity index (χ2v) is 11.0. The molecule has 1 aliphatic rings. The van der Waals surface area contributed by atoms with Gasteiger partial charge in [0.15, 0.2) is 9.84 Å². The van der Waals surface area contributed by atoms with E-state index in [-0.39, 0.29) is 21.8 Å². The van der Waals surface area contributed by atoms with Crippen molar-refractivity contribution in [1.29, 1.82) is 0 Å². The highest BCUT2D eigenvalue weighted by Gasteiger charge is 2.41. The minimum absolute atomic E-state index is 0.0544. The number of carbonyl (C=O) groups is 1. The smallest absolute Gasteiger partial charge is 0.331 e. The van der Waals surface area contributed by atoms with Crippen LogP contribution in [0, 0.1) is 5.41 Å². The third-order valence-electron chi connectivity index (χ3n) is 5.91. The van der Waals surface area contributed by atoms with E-state index in [1.807, 2.05) is 30.3 Å². The van der Waals surface area contributed by atoms with Crippen LogP contribution in [-0.4, -0.2) is 31.8 Å². The molecule has 32 heavy (non-hydrogen) atoms. The summed E-state index contributed by atoms with van der Waals surface area (Å²) in [7, 11) is -3.63. The summed E-state index contributed by atoms with van der Waals surface area (Å²) in [5.74, 6) is -0.850. The lowest BCUT2D eigenvalue weighted by molar-refractivity contribution is -0.131. The Morgan fingerprint density at radius 2 is 1.97 bits per heavy atom. The maximum Gasteiger partial charge on any atom is 0.331 e. The number of hydrogen-bond acceptors (Lipinski definition) is 5. The van der Waals surface area contributed by atoms with Crippen molar-refractivity contribution in [2.75, 3.05) is 17.2 Å². The standard InChI is InChI=1S/C24H28BrNO5S/c1-3-5-12-24(4-2)16-26(18-9-7-6-8-10-18)20-14-19(25)21(31-13-11-23(27)28)15-22(20)32(29,30)17-24/h6-11,13-15H,3-5,12,16-17H2,1-2H3,(H,27,28)/b13-11+/t24-/m1/s1. The maximum atomic E-state index is 13.6. The molecule has 0 radical (unpaired) electrons. The van der Waals surface area contributed by atoms with Gasteiger partial charge in [0.2, 0.25) is 0 Å². The summed E-state index contributed by atoms with van der Waals surface area (Å²) in [6, 6.07) is 13.0. The molecule has 2 aromatic rings. The van der Waals surface area contributed by atoms with E-state index in [4.69, 9.17) is 9.84 Å². The monoisotopic (exact) mass is 521 g/mol. The van der Waals surface area contributed by atoms with E-state index in [2.05, 4.69) is 34.7 Å². The first kappa shape index (κ1) is 24.3. The van der Waals surface area contributed by atoms with Crippen molar-refractivity contribution in [1.82, 2.24) is 0 Å². The zero-order chi connectivity index (χ0) is 23.4. The number of rotatable bonds is 8. The van der Waals surface area contributed by atoms with Crippen LogP contribution in [0.4, 0.5) is 11.4 Å². The van der Waals surface area contributed by atoms with Gasteiger partial charge in [-0.25, -0.2) is 13.2 Å². The zero-order valence-electron chi connectivity index (χ0n) is 18.3. The van der Waals surface area contributed by atoms with Crippen LogP contribution >= 0.6 is 15.9 Å². The molecule has 1 N–H and O–H groups in total. The van der Waals surface area contributed by atoms with E-state index in [0.717, 1.165) is 43.7 Å². The third kappa shape index (κ3) is 5.35. The van der Waals surface area contributed by atoms with Crippen molar-refractivity contribution in [3.05, 3.63) is 59.3 Å². The summed E-state index contributed by atoms with van der Waals surface area (Å²) in [5, 5.41) is 8.81. The molecule has 0 amide bonds. The van der Waals surface area contributed by atoms with Gasteiger partial charge >= 0.3 is 5.97 Å². The molecule has 1 atom stereocenters. The first-order valence-electron chi connectivity index (χ1n) is 10.7. The van der Waals surface area contributed by atoms with Gasteiger partial charge in [-0.05, 0) is 47.0 Å². The number of aliphatic carboxylic acids is 1. The summed E-state index contributed by atoms with van der Waals surface area (Å²) < 4.78 is 33.3. The number of para-hydroxylation sites is 1. The number of halogens is 1. The fraction of sp³-hybridized carbons (Fsp3) is 0.375. The molecule has 3 rings (SSSR count). The molecule has 0 bridgehead atoms. The Bertz CT molecular complexity index is 1100. The molecule has 1 heterocycles. The Hall–Kier alpha value is -2.32. The summed E-state index contributed by atoms with van der Waals surface area (Å²) >= 11 is 3.47. The van der Waals surface area contributed by atoms with Crippen LogP contribution in [-0.2, 0) is 14.6 Å². The van der Waals surface area contributed by atoms with Crippen molar-refractivity contribution < 1.29 is 23.1 Å². The van der Waals surface area contributed by atoms with Gasteiger partial charge in [-0.2, -0.15) is 0 Å². The minimum atomic E-state index is -3.63. The van der Waals surface area contributed by atoms with E-state index in [1.165, 1.54) is 6.07 Å². The summed E-state index contributed by atoms with van der Waals surface area (Å²) in [6.07, 6.45) is 5.41. The highest BCUT2D eigenvalue weighted by molar-refractivity contribution is 9.10. The number of fused-ring (bicyclic) bond motifs is 1. The van der Waals surface area contributed by atoms with Gasteiger partial charge in [0.05, 0.1) is 33.1 Å². The fourth-order valence-corrected chi connectivity index (χ4v) is 6.72. The molecule has 0 aromatic heterocycles. The van der Waals surface area contributed by atoms with Gasteiger partial charge < -0.3 is 14.7 Å². The van der Waals surface area contributed by atoms with Crippen LogP contribution in [0.15, 0.2) is 64.2 Å². The van der Waals surface area contributed by atoms with Gasteiger partial charge in [0, 0.05) is 23.7 Å². The van der Waals surface area contributed by atoms with Crippen LogP contribution < -0.4 is 9.64 Å². The number of ether oxygens (including phenoxy) is 1.